The lowest BCUT2D eigenvalue weighted by Crippen LogP contribution is -2.17. The number of benzene rings is 3. The first-order valence-corrected chi connectivity index (χ1v) is 14.3. The molecule has 0 saturated heterocycles. The number of hydrogen-bond acceptors (Lipinski definition) is 3. The third-order valence-corrected chi connectivity index (χ3v) is 7.92. The van der Waals surface area contributed by atoms with Crippen molar-refractivity contribution in [1.82, 2.24) is 9.55 Å². The maximum absolute atomic E-state index is 6.10. The summed E-state index contributed by atoms with van der Waals surface area (Å²) in [5.74, 6) is 1.10. The number of rotatable bonds is 4. The first kappa shape index (κ1) is 26.3. The Balaban J connectivity index is 1.62. The van der Waals surface area contributed by atoms with Crippen molar-refractivity contribution in [2.24, 2.45) is 4.99 Å². The van der Waals surface area contributed by atoms with Gasteiger partial charge in [-0.2, -0.15) is 0 Å². The first-order chi connectivity index (χ1) is 18.9. The molecule has 2 aromatic heterocycles. The van der Waals surface area contributed by atoms with Gasteiger partial charge in [-0.25, -0.2) is 4.99 Å². The van der Waals surface area contributed by atoms with Gasteiger partial charge < -0.3 is 9.30 Å². The van der Waals surface area contributed by atoms with E-state index in [9.17, 15) is 0 Å². The van der Waals surface area contributed by atoms with Gasteiger partial charge in [-0.3, -0.25) is 4.98 Å². The van der Waals surface area contributed by atoms with E-state index in [0.29, 0.717) is 12.5 Å². The fraction of sp³-hybridized carbons (Fsp3) is 0.333. The summed E-state index contributed by atoms with van der Waals surface area (Å²) in [6, 6.07) is 24.7. The van der Waals surface area contributed by atoms with E-state index in [2.05, 4.69) is 127 Å². The fourth-order valence-electron chi connectivity index (χ4n) is 5.58. The smallest absolute Gasteiger partial charge is 0.216 e. The summed E-state index contributed by atoms with van der Waals surface area (Å²) in [5.41, 5.74) is 10.3. The van der Waals surface area contributed by atoms with Crippen LogP contribution in [0.2, 0.25) is 0 Å². The summed E-state index contributed by atoms with van der Waals surface area (Å²) in [5, 5.41) is 2.49. The molecular formula is C36H39N3O. The maximum Gasteiger partial charge on any atom is 0.216 e. The van der Waals surface area contributed by atoms with Crippen LogP contribution in [0.5, 0.6) is 0 Å². The van der Waals surface area contributed by atoms with E-state index >= 15 is 0 Å². The molecule has 0 spiro atoms. The average Bonchev–Trinajstić information content (AvgIpc) is 3.44. The van der Waals surface area contributed by atoms with Gasteiger partial charge in [-0.1, -0.05) is 58.4 Å². The average molecular weight is 530 g/mol. The molecule has 0 unspecified atom stereocenters. The highest BCUT2D eigenvalue weighted by atomic mass is 16.5. The highest BCUT2D eigenvalue weighted by Crippen LogP contribution is 2.37. The lowest BCUT2D eigenvalue weighted by molar-refractivity contribution is 0.279. The highest BCUT2D eigenvalue weighted by Gasteiger charge is 2.28. The molecule has 1 aliphatic rings. The molecule has 0 radical (unpaired) electrons. The molecule has 0 bridgehead atoms. The third kappa shape index (κ3) is 4.70. The van der Waals surface area contributed by atoms with Crippen LogP contribution in [0.4, 0.5) is 0 Å². The number of aromatic nitrogens is 2. The quantitative estimate of drug-likeness (QED) is 0.233. The molecule has 1 aliphatic heterocycles. The monoisotopic (exact) mass is 529 g/mol. The Morgan fingerprint density at radius 1 is 0.850 bits per heavy atom. The van der Waals surface area contributed by atoms with Crippen LogP contribution in [0.25, 0.3) is 38.8 Å². The number of pyridine rings is 1. The molecule has 4 heteroatoms. The van der Waals surface area contributed by atoms with Gasteiger partial charge in [0.05, 0.1) is 22.3 Å². The normalized spacial score (nSPS) is 15.2. The predicted octanol–water partition coefficient (Wildman–Crippen LogP) is 9.13. The molecule has 0 atom stereocenters. The molecule has 0 aliphatic carbocycles. The van der Waals surface area contributed by atoms with Crippen LogP contribution in [-0.4, -0.2) is 27.6 Å². The zero-order valence-corrected chi connectivity index (χ0v) is 25.0. The van der Waals surface area contributed by atoms with E-state index in [4.69, 9.17) is 14.7 Å². The van der Waals surface area contributed by atoms with Gasteiger partial charge in [-0.05, 0) is 91.8 Å². The lowest BCUT2D eigenvalue weighted by atomic mass is 9.87. The molecule has 40 heavy (non-hydrogen) atoms. The van der Waals surface area contributed by atoms with Crippen LogP contribution in [0, 0.1) is 6.92 Å². The molecule has 5 aromatic rings. The van der Waals surface area contributed by atoms with E-state index in [1.54, 1.807) is 0 Å². The zero-order valence-electron chi connectivity index (χ0n) is 25.0. The summed E-state index contributed by atoms with van der Waals surface area (Å²) in [6.07, 6.45) is 1.93. The minimum absolute atomic E-state index is 0.0570. The predicted molar refractivity (Wildman–Crippen MR) is 168 cm³/mol. The van der Waals surface area contributed by atoms with Crippen molar-refractivity contribution in [2.45, 2.75) is 72.3 Å². The van der Waals surface area contributed by atoms with Crippen LogP contribution in [0.3, 0.4) is 0 Å². The number of fused-ring (bicyclic) bond motifs is 3. The van der Waals surface area contributed by atoms with Gasteiger partial charge in [0.25, 0.3) is 0 Å². The van der Waals surface area contributed by atoms with Crippen molar-refractivity contribution in [3.8, 4) is 16.9 Å². The Bertz CT molecular complexity index is 1800. The van der Waals surface area contributed by atoms with Gasteiger partial charge in [0.2, 0.25) is 5.90 Å². The SMILES string of the molecule is Cc1ccc2c(c1)c1ccc(-c3cc(C(C)(C)C)ccn3)cc1n2-c1cc(C2=NC(C)(C)CO2)cc(C(C)C)c1. The molecule has 3 aromatic carbocycles. The Hall–Kier alpha value is -3.92. The molecule has 204 valence electrons. The molecule has 0 amide bonds. The molecule has 0 saturated carbocycles. The summed E-state index contributed by atoms with van der Waals surface area (Å²) in [6.45, 7) is 18.2. The maximum atomic E-state index is 6.10. The second-order valence-corrected chi connectivity index (χ2v) is 13.3. The van der Waals surface area contributed by atoms with Crippen molar-refractivity contribution in [1.29, 1.82) is 0 Å². The molecule has 3 heterocycles. The van der Waals surface area contributed by atoms with Crippen molar-refractivity contribution in [3.05, 3.63) is 95.2 Å². The molecule has 4 nitrogen and oxygen atoms in total. The Labute approximate surface area is 237 Å². The lowest BCUT2D eigenvalue weighted by Gasteiger charge is -2.19. The van der Waals surface area contributed by atoms with Crippen LogP contribution in [0.1, 0.15) is 76.6 Å². The van der Waals surface area contributed by atoms with Crippen LogP contribution in [0.15, 0.2) is 77.9 Å². The Morgan fingerprint density at radius 3 is 2.35 bits per heavy atom. The number of ether oxygens (including phenoxy) is 1. The molecular weight excluding hydrogens is 490 g/mol. The number of hydrogen-bond donors (Lipinski definition) is 0. The second-order valence-electron chi connectivity index (χ2n) is 13.3. The molecule has 0 N–H and O–H groups in total. The summed E-state index contributed by atoms with van der Waals surface area (Å²) in [7, 11) is 0. The van der Waals surface area contributed by atoms with Gasteiger partial charge in [0, 0.05) is 33.8 Å². The number of aliphatic imine (C=N–C) groups is 1. The fourth-order valence-corrected chi connectivity index (χ4v) is 5.58. The summed E-state index contributed by atoms with van der Waals surface area (Å²) < 4.78 is 8.50. The summed E-state index contributed by atoms with van der Waals surface area (Å²) >= 11 is 0. The Kier molecular flexibility index (Phi) is 6.14. The van der Waals surface area contributed by atoms with Gasteiger partial charge in [0.1, 0.15) is 6.61 Å². The van der Waals surface area contributed by atoms with E-state index in [-0.39, 0.29) is 11.0 Å². The van der Waals surface area contributed by atoms with E-state index in [1.165, 1.54) is 38.5 Å². The van der Waals surface area contributed by atoms with E-state index in [1.807, 2.05) is 6.20 Å². The minimum atomic E-state index is -0.211. The Morgan fingerprint density at radius 2 is 1.65 bits per heavy atom. The molecule has 0 fully saturated rings. The highest BCUT2D eigenvalue weighted by molar-refractivity contribution is 6.10. The van der Waals surface area contributed by atoms with Gasteiger partial charge in [-0.15, -0.1) is 0 Å². The van der Waals surface area contributed by atoms with Crippen LogP contribution >= 0.6 is 0 Å². The second kappa shape index (κ2) is 9.33. The van der Waals surface area contributed by atoms with Crippen LogP contribution < -0.4 is 0 Å². The van der Waals surface area contributed by atoms with Crippen molar-refractivity contribution >= 4 is 27.7 Å². The largest absolute Gasteiger partial charge is 0.475 e. The van der Waals surface area contributed by atoms with Crippen molar-refractivity contribution in [3.63, 3.8) is 0 Å². The zero-order chi connectivity index (χ0) is 28.4. The van der Waals surface area contributed by atoms with E-state index < -0.39 is 0 Å². The minimum Gasteiger partial charge on any atom is -0.475 e. The van der Waals surface area contributed by atoms with Crippen molar-refractivity contribution in [2.75, 3.05) is 6.61 Å². The first-order valence-electron chi connectivity index (χ1n) is 14.3. The standard InChI is InChI=1S/C36H39N3O/c1-22(2)25-16-26(34-38-36(7,8)21-40-34)18-28(17-25)39-32-12-9-23(3)15-30(32)29-11-10-24(19-33(29)39)31-20-27(13-14-37-31)35(4,5)6/h9-20,22H,21H2,1-8H3. The van der Waals surface area contributed by atoms with E-state index in [0.717, 1.165) is 28.4 Å². The number of nitrogens with zero attached hydrogens (tertiary/aromatic N) is 3. The third-order valence-electron chi connectivity index (χ3n) is 7.92. The van der Waals surface area contributed by atoms with Crippen LogP contribution in [-0.2, 0) is 10.2 Å². The van der Waals surface area contributed by atoms with Gasteiger partial charge in [0.15, 0.2) is 0 Å². The number of aryl methyl sites for hydroxylation is 1. The van der Waals surface area contributed by atoms with Gasteiger partial charge >= 0.3 is 0 Å². The topological polar surface area (TPSA) is 39.4 Å². The van der Waals surface area contributed by atoms with Crippen molar-refractivity contribution < 1.29 is 4.74 Å². The molecule has 6 rings (SSSR count). The summed E-state index contributed by atoms with van der Waals surface area (Å²) in [4.78, 5) is 9.68.